The molecule has 0 bridgehead atoms. The molecule has 0 spiro atoms. The van der Waals surface area contributed by atoms with Gasteiger partial charge in [-0.2, -0.15) is 0 Å². The van der Waals surface area contributed by atoms with E-state index in [1.165, 1.54) is 0 Å². The second-order valence-corrected chi connectivity index (χ2v) is 7.82. The molecule has 3 amide bonds. The Balaban J connectivity index is 1.42. The molecule has 2 heterocycles. The van der Waals surface area contributed by atoms with E-state index in [1.807, 2.05) is 61.5 Å². The van der Waals surface area contributed by atoms with E-state index in [0.717, 1.165) is 38.8 Å². The number of hydrogen-bond acceptors (Lipinski definition) is 5. The number of aryl methyl sites for hydroxylation is 1. The lowest BCUT2D eigenvalue weighted by Crippen LogP contribution is -2.37. The molecule has 1 aliphatic rings. The van der Waals surface area contributed by atoms with Crippen molar-refractivity contribution in [3.63, 3.8) is 0 Å². The minimum atomic E-state index is -0.340. The lowest BCUT2D eigenvalue weighted by Gasteiger charge is -2.14. The maximum absolute atomic E-state index is 12.7. The molecule has 1 N–H and O–H groups in total. The highest BCUT2D eigenvalue weighted by Crippen LogP contribution is 2.31. The highest BCUT2D eigenvalue weighted by Gasteiger charge is 2.34. The smallest absolute Gasteiger partial charge is 0.293 e. The van der Waals surface area contributed by atoms with Crippen molar-refractivity contribution in [1.29, 1.82) is 0 Å². The van der Waals surface area contributed by atoms with Crippen LogP contribution in [0, 0.1) is 6.92 Å². The van der Waals surface area contributed by atoms with E-state index in [4.69, 9.17) is 0 Å². The van der Waals surface area contributed by atoms with Gasteiger partial charge >= 0.3 is 0 Å². The molecule has 150 valence electrons. The topological polar surface area (TPSA) is 79.4 Å². The number of benzene rings is 2. The van der Waals surface area contributed by atoms with Gasteiger partial charge in [-0.05, 0) is 42.5 Å². The molecule has 1 saturated heterocycles. The third-order valence-electron chi connectivity index (χ3n) is 4.68. The standard InChI is InChI=1S/C23H19N3O3S/c1-15-13-18(17-9-5-6-10-19(17)25-15)21(27)24-11-12-26-22(28)20(30-23(26)29)14-16-7-3-2-4-8-16/h2-10,13-14H,11-12H2,1H3,(H,24,27)/b20-14+. The van der Waals surface area contributed by atoms with Gasteiger partial charge in [-0.25, -0.2) is 0 Å². The number of para-hydroxylation sites is 1. The van der Waals surface area contributed by atoms with Crippen LogP contribution < -0.4 is 5.32 Å². The number of rotatable bonds is 5. The molecule has 7 heteroatoms. The molecule has 1 fully saturated rings. The first kappa shape index (κ1) is 19.8. The zero-order chi connectivity index (χ0) is 21.1. The molecular weight excluding hydrogens is 398 g/mol. The van der Waals surface area contributed by atoms with Gasteiger partial charge in [0.25, 0.3) is 17.1 Å². The van der Waals surface area contributed by atoms with Gasteiger partial charge in [0.1, 0.15) is 0 Å². The van der Waals surface area contributed by atoms with Gasteiger partial charge < -0.3 is 5.32 Å². The second-order valence-electron chi connectivity index (χ2n) is 6.83. The summed E-state index contributed by atoms with van der Waals surface area (Å²) >= 11 is 0.913. The Kier molecular flexibility index (Phi) is 5.63. The van der Waals surface area contributed by atoms with Crippen molar-refractivity contribution in [2.75, 3.05) is 13.1 Å². The first-order valence-electron chi connectivity index (χ1n) is 9.48. The zero-order valence-corrected chi connectivity index (χ0v) is 17.1. The van der Waals surface area contributed by atoms with Gasteiger partial charge in [0.15, 0.2) is 0 Å². The molecule has 1 aliphatic heterocycles. The van der Waals surface area contributed by atoms with Crippen LogP contribution in [0.15, 0.2) is 65.6 Å². The Bertz CT molecular complexity index is 1170. The van der Waals surface area contributed by atoms with Crippen LogP contribution in [-0.4, -0.2) is 40.0 Å². The number of carbonyl (C=O) groups is 3. The SMILES string of the molecule is Cc1cc(C(=O)NCCN2C(=O)S/C(=C/c3ccccc3)C2=O)c2ccccc2n1. The van der Waals surface area contributed by atoms with Crippen molar-refractivity contribution >= 4 is 45.8 Å². The first-order valence-corrected chi connectivity index (χ1v) is 10.3. The largest absolute Gasteiger partial charge is 0.350 e. The van der Waals surface area contributed by atoms with Crippen LogP contribution in [0.25, 0.3) is 17.0 Å². The van der Waals surface area contributed by atoms with Crippen molar-refractivity contribution in [1.82, 2.24) is 15.2 Å². The lowest BCUT2D eigenvalue weighted by atomic mass is 10.1. The lowest BCUT2D eigenvalue weighted by molar-refractivity contribution is -0.122. The summed E-state index contributed by atoms with van der Waals surface area (Å²) in [7, 11) is 0. The van der Waals surface area contributed by atoms with E-state index in [0.29, 0.717) is 10.5 Å². The van der Waals surface area contributed by atoms with Crippen molar-refractivity contribution in [3.8, 4) is 0 Å². The fourth-order valence-corrected chi connectivity index (χ4v) is 4.13. The van der Waals surface area contributed by atoms with Crippen LogP contribution in [0.3, 0.4) is 0 Å². The van der Waals surface area contributed by atoms with E-state index >= 15 is 0 Å². The molecular formula is C23H19N3O3S. The fraction of sp³-hybridized carbons (Fsp3) is 0.130. The normalized spacial score (nSPS) is 15.2. The monoisotopic (exact) mass is 417 g/mol. The summed E-state index contributed by atoms with van der Waals surface area (Å²) in [6, 6.07) is 18.5. The maximum Gasteiger partial charge on any atom is 0.293 e. The molecule has 2 aromatic carbocycles. The molecule has 30 heavy (non-hydrogen) atoms. The van der Waals surface area contributed by atoms with Crippen LogP contribution in [0.2, 0.25) is 0 Å². The third-order valence-corrected chi connectivity index (χ3v) is 5.59. The molecule has 0 saturated carbocycles. The van der Waals surface area contributed by atoms with Crippen molar-refractivity contribution in [2.45, 2.75) is 6.92 Å². The molecule has 3 aromatic rings. The minimum Gasteiger partial charge on any atom is -0.350 e. The zero-order valence-electron chi connectivity index (χ0n) is 16.3. The number of amides is 3. The van der Waals surface area contributed by atoms with Crippen LogP contribution in [0.4, 0.5) is 4.79 Å². The number of carbonyl (C=O) groups excluding carboxylic acids is 3. The highest BCUT2D eigenvalue weighted by molar-refractivity contribution is 8.18. The van der Waals surface area contributed by atoms with E-state index in [2.05, 4.69) is 10.3 Å². The Hall–Kier alpha value is -3.45. The quantitative estimate of drug-likeness (QED) is 0.635. The fourth-order valence-electron chi connectivity index (χ4n) is 3.27. The van der Waals surface area contributed by atoms with Gasteiger partial charge in [-0.15, -0.1) is 0 Å². The third kappa shape index (κ3) is 4.11. The Labute approximate surface area is 178 Å². The highest BCUT2D eigenvalue weighted by atomic mass is 32.2. The number of fused-ring (bicyclic) bond motifs is 1. The van der Waals surface area contributed by atoms with Gasteiger partial charge in [0.05, 0.1) is 16.0 Å². The number of pyridine rings is 1. The molecule has 0 radical (unpaired) electrons. The maximum atomic E-state index is 12.7. The number of thioether (sulfide) groups is 1. The number of imide groups is 1. The summed E-state index contributed by atoms with van der Waals surface area (Å²) in [6.07, 6.45) is 1.70. The molecule has 0 atom stereocenters. The van der Waals surface area contributed by atoms with Crippen LogP contribution in [0.1, 0.15) is 21.6 Å². The van der Waals surface area contributed by atoms with Crippen LogP contribution in [-0.2, 0) is 4.79 Å². The summed E-state index contributed by atoms with van der Waals surface area (Å²) in [5.41, 5.74) is 2.88. The van der Waals surface area contributed by atoms with Crippen molar-refractivity contribution in [2.24, 2.45) is 0 Å². The number of hydrogen-bond donors (Lipinski definition) is 1. The Morgan fingerprint density at radius 1 is 1.10 bits per heavy atom. The summed E-state index contributed by atoms with van der Waals surface area (Å²) in [4.78, 5) is 43.5. The average Bonchev–Trinajstić information content (AvgIpc) is 3.01. The van der Waals surface area contributed by atoms with Crippen molar-refractivity contribution < 1.29 is 14.4 Å². The number of nitrogens with zero attached hydrogens (tertiary/aromatic N) is 2. The Morgan fingerprint density at radius 3 is 2.63 bits per heavy atom. The summed E-state index contributed by atoms with van der Waals surface area (Å²) < 4.78 is 0. The molecule has 0 unspecified atom stereocenters. The molecule has 1 aromatic heterocycles. The summed E-state index contributed by atoms with van der Waals surface area (Å²) in [5.74, 6) is -0.600. The predicted octanol–water partition coefficient (Wildman–Crippen LogP) is 4.01. The molecule has 6 nitrogen and oxygen atoms in total. The van der Waals surface area contributed by atoms with E-state index in [1.54, 1.807) is 12.1 Å². The van der Waals surface area contributed by atoms with Gasteiger partial charge in [0, 0.05) is 24.2 Å². The van der Waals surface area contributed by atoms with Gasteiger partial charge in [0.2, 0.25) is 0 Å². The predicted molar refractivity (Wildman–Crippen MR) is 118 cm³/mol. The van der Waals surface area contributed by atoms with Crippen molar-refractivity contribution in [3.05, 3.63) is 82.4 Å². The second kappa shape index (κ2) is 8.51. The first-order chi connectivity index (χ1) is 14.5. The van der Waals surface area contributed by atoms with E-state index < -0.39 is 0 Å². The number of aromatic nitrogens is 1. The summed E-state index contributed by atoms with van der Waals surface area (Å²) in [5, 5.41) is 3.24. The molecule has 4 rings (SSSR count). The minimum absolute atomic E-state index is 0.116. The molecule has 0 aliphatic carbocycles. The summed E-state index contributed by atoms with van der Waals surface area (Å²) in [6.45, 7) is 2.12. The van der Waals surface area contributed by atoms with Gasteiger partial charge in [-0.1, -0.05) is 48.5 Å². The van der Waals surface area contributed by atoms with E-state index in [9.17, 15) is 14.4 Å². The van der Waals surface area contributed by atoms with Gasteiger partial charge in [-0.3, -0.25) is 24.3 Å². The van der Waals surface area contributed by atoms with Crippen LogP contribution in [0.5, 0.6) is 0 Å². The number of nitrogens with one attached hydrogen (secondary N) is 1. The van der Waals surface area contributed by atoms with Crippen LogP contribution >= 0.6 is 11.8 Å². The average molecular weight is 417 g/mol. The Morgan fingerprint density at radius 2 is 1.83 bits per heavy atom. The van der Waals surface area contributed by atoms with E-state index in [-0.39, 0.29) is 30.1 Å².